The molecule has 0 aliphatic heterocycles. The van der Waals surface area contributed by atoms with Crippen LogP contribution in [0.1, 0.15) is 21.5 Å². The van der Waals surface area contributed by atoms with Gasteiger partial charge in [-0.3, -0.25) is 4.79 Å². The molecule has 0 radical (unpaired) electrons. The summed E-state index contributed by atoms with van der Waals surface area (Å²) < 4.78 is 0. The van der Waals surface area contributed by atoms with Crippen molar-refractivity contribution in [3.8, 4) is 17.6 Å². The maximum Gasteiger partial charge on any atom is 0.394 e. The van der Waals surface area contributed by atoms with Crippen LogP contribution in [0.25, 0.3) is 0 Å². The fraction of sp³-hybridized carbons (Fsp3) is 0.105. The summed E-state index contributed by atoms with van der Waals surface area (Å²) in [7, 11) is 3.45. The molecule has 1 amide bonds. The summed E-state index contributed by atoms with van der Waals surface area (Å²) in [6, 6.07) is 8.83. The second kappa shape index (κ2) is 7.93. The van der Waals surface area contributed by atoms with Gasteiger partial charge in [0.25, 0.3) is 0 Å². The molecule has 0 aliphatic carbocycles. The Labute approximate surface area is 154 Å². The number of anilines is 2. The van der Waals surface area contributed by atoms with Crippen LogP contribution in [0.2, 0.25) is 0 Å². The van der Waals surface area contributed by atoms with Crippen LogP contribution >= 0.6 is 0 Å². The van der Waals surface area contributed by atoms with E-state index in [2.05, 4.69) is 17.2 Å². The normalized spacial score (nSPS) is 9.70. The van der Waals surface area contributed by atoms with E-state index in [1.165, 1.54) is 24.3 Å². The largest absolute Gasteiger partial charge is 0.507 e. The molecule has 4 N–H and O–H groups in total. The summed E-state index contributed by atoms with van der Waals surface area (Å²) in [5, 5.41) is 29.8. The van der Waals surface area contributed by atoms with Gasteiger partial charge in [-0.15, -0.1) is 0 Å². The van der Waals surface area contributed by atoms with Gasteiger partial charge in [0.15, 0.2) is 0 Å². The third-order valence-corrected chi connectivity index (χ3v) is 3.48. The Bertz CT molecular complexity index is 985. The van der Waals surface area contributed by atoms with Crippen LogP contribution in [0.5, 0.6) is 5.75 Å². The smallest absolute Gasteiger partial charge is 0.394 e. The van der Waals surface area contributed by atoms with Crippen molar-refractivity contribution in [3.63, 3.8) is 0 Å². The molecule has 0 atom stereocenters. The van der Waals surface area contributed by atoms with Crippen LogP contribution < -0.4 is 10.2 Å². The first-order chi connectivity index (χ1) is 12.7. The van der Waals surface area contributed by atoms with Crippen molar-refractivity contribution < 1.29 is 29.7 Å². The Morgan fingerprint density at radius 3 is 2.33 bits per heavy atom. The average Bonchev–Trinajstić information content (AvgIpc) is 2.60. The third-order valence-electron chi connectivity index (χ3n) is 3.48. The molecular weight excluding hydrogens is 352 g/mol. The summed E-state index contributed by atoms with van der Waals surface area (Å²) in [6.45, 7) is 0. The lowest BCUT2D eigenvalue weighted by Crippen LogP contribution is -2.21. The minimum absolute atomic E-state index is 0.263. The number of rotatable bonds is 3. The van der Waals surface area contributed by atoms with Crippen molar-refractivity contribution in [1.29, 1.82) is 0 Å². The van der Waals surface area contributed by atoms with Gasteiger partial charge in [-0.1, -0.05) is 17.9 Å². The number of aromatic hydroxyl groups is 1. The number of carbonyl (C=O) groups is 3. The second-order valence-electron chi connectivity index (χ2n) is 5.68. The van der Waals surface area contributed by atoms with Crippen LogP contribution in [-0.4, -0.2) is 47.3 Å². The average molecular weight is 368 g/mol. The number of nitrogens with zero attached hydrogens (tertiary/aromatic N) is 1. The maximum absolute atomic E-state index is 11.2. The van der Waals surface area contributed by atoms with Gasteiger partial charge < -0.3 is 25.5 Å². The molecule has 0 saturated carbocycles. The van der Waals surface area contributed by atoms with Crippen molar-refractivity contribution in [3.05, 3.63) is 53.1 Å². The number of hydrogen-bond acceptors (Lipinski definition) is 5. The number of carbonyl (C=O) groups excluding carboxylic acids is 1. The minimum Gasteiger partial charge on any atom is -0.507 e. The topological polar surface area (TPSA) is 127 Å². The zero-order chi connectivity index (χ0) is 20.1. The van der Waals surface area contributed by atoms with Crippen molar-refractivity contribution in [2.24, 2.45) is 0 Å². The minimum atomic E-state index is -1.60. The molecule has 0 spiro atoms. The molecule has 0 unspecified atom stereocenters. The Balaban J connectivity index is 2.42. The van der Waals surface area contributed by atoms with Gasteiger partial charge in [-0.05, 0) is 24.3 Å². The van der Waals surface area contributed by atoms with E-state index in [1.54, 1.807) is 31.1 Å². The predicted octanol–water partition coefficient (Wildman–Crippen LogP) is 1.58. The van der Waals surface area contributed by atoms with Crippen LogP contribution in [0.3, 0.4) is 0 Å². The number of phenols is 1. The second-order valence-corrected chi connectivity index (χ2v) is 5.68. The molecule has 0 aromatic heterocycles. The summed E-state index contributed by atoms with van der Waals surface area (Å²) >= 11 is 0. The number of amides is 1. The number of carboxylic acids is 2. The lowest BCUT2D eigenvalue weighted by molar-refractivity contribution is -0.147. The standard InChI is InChI=1S/C19H16N2O6/c1-21(2)15-10-16(22)14(18(24)25)9-12(15)7-6-11-4-3-5-13(8-11)20-17(23)19(26)27/h3-5,8-10,22H,1-2H3,(H,20,23)(H,24,25)(H,26,27). The summed E-state index contributed by atoms with van der Waals surface area (Å²) in [5.41, 5.74) is 1.38. The number of benzene rings is 2. The fourth-order valence-electron chi connectivity index (χ4n) is 2.22. The van der Waals surface area contributed by atoms with Gasteiger partial charge in [0.1, 0.15) is 11.3 Å². The molecule has 2 aromatic carbocycles. The first-order valence-electron chi connectivity index (χ1n) is 7.63. The first kappa shape index (κ1) is 19.3. The third kappa shape index (κ3) is 4.76. The molecule has 27 heavy (non-hydrogen) atoms. The molecule has 8 nitrogen and oxygen atoms in total. The van der Waals surface area contributed by atoms with E-state index in [1.807, 2.05) is 0 Å². The molecule has 138 valence electrons. The molecule has 0 aliphatic rings. The van der Waals surface area contributed by atoms with Crippen molar-refractivity contribution in [2.75, 3.05) is 24.3 Å². The van der Waals surface area contributed by atoms with Gasteiger partial charge in [0, 0.05) is 37.0 Å². The first-order valence-corrected chi connectivity index (χ1v) is 7.63. The lowest BCUT2D eigenvalue weighted by atomic mass is 10.1. The molecule has 2 rings (SSSR count). The highest BCUT2D eigenvalue weighted by molar-refractivity contribution is 6.36. The summed E-state index contributed by atoms with van der Waals surface area (Å²) in [4.78, 5) is 34.7. The summed E-state index contributed by atoms with van der Waals surface area (Å²) in [6.07, 6.45) is 0. The van der Waals surface area contributed by atoms with Crippen LogP contribution in [-0.2, 0) is 9.59 Å². The van der Waals surface area contributed by atoms with Crippen LogP contribution in [0.4, 0.5) is 11.4 Å². The highest BCUT2D eigenvalue weighted by Crippen LogP contribution is 2.28. The zero-order valence-corrected chi connectivity index (χ0v) is 14.5. The molecule has 0 saturated heterocycles. The Morgan fingerprint density at radius 2 is 1.74 bits per heavy atom. The highest BCUT2D eigenvalue weighted by atomic mass is 16.4. The Hall–Kier alpha value is -3.99. The van der Waals surface area contributed by atoms with E-state index in [4.69, 9.17) is 10.2 Å². The van der Waals surface area contributed by atoms with E-state index in [-0.39, 0.29) is 17.0 Å². The van der Waals surface area contributed by atoms with Gasteiger partial charge in [0.2, 0.25) is 0 Å². The van der Waals surface area contributed by atoms with Gasteiger partial charge in [-0.2, -0.15) is 0 Å². The number of aromatic carboxylic acids is 1. The van der Waals surface area contributed by atoms with E-state index in [0.717, 1.165) is 0 Å². The quantitative estimate of drug-likeness (QED) is 0.478. The predicted molar refractivity (Wildman–Crippen MR) is 98.1 cm³/mol. The molecular formula is C19H16N2O6. The number of nitrogens with one attached hydrogen (secondary N) is 1. The molecule has 2 aromatic rings. The SMILES string of the molecule is CN(C)c1cc(O)c(C(=O)O)cc1C#Cc1cccc(NC(=O)C(=O)O)c1. The van der Waals surface area contributed by atoms with E-state index in [0.29, 0.717) is 16.8 Å². The van der Waals surface area contributed by atoms with Gasteiger partial charge in [-0.25, -0.2) is 9.59 Å². The van der Waals surface area contributed by atoms with E-state index < -0.39 is 17.8 Å². The highest BCUT2D eigenvalue weighted by Gasteiger charge is 2.15. The Kier molecular flexibility index (Phi) is 5.68. The monoisotopic (exact) mass is 368 g/mol. The van der Waals surface area contributed by atoms with E-state index >= 15 is 0 Å². The Morgan fingerprint density at radius 1 is 1.04 bits per heavy atom. The summed E-state index contributed by atoms with van der Waals surface area (Å²) in [5.74, 6) is 1.26. The molecule has 0 heterocycles. The van der Waals surface area contributed by atoms with Crippen LogP contribution in [0.15, 0.2) is 36.4 Å². The van der Waals surface area contributed by atoms with E-state index in [9.17, 15) is 19.5 Å². The maximum atomic E-state index is 11.2. The van der Waals surface area contributed by atoms with Crippen LogP contribution in [0, 0.1) is 11.8 Å². The fourth-order valence-corrected chi connectivity index (χ4v) is 2.22. The lowest BCUT2D eigenvalue weighted by Gasteiger charge is -2.16. The number of carboxylic acid groups (broad SMARTS) is 2. The van der Waals surface area contributed by atoms with Gasteiger partial charge >= 0.3 is 17.8 Å². The number of aliphatic carboxylic acids is 1. The zero-order valence-electron chi connectivity index (χ0n) is 14.5. The molecule has 0 fully saturated rings. The van der Waals surface area contributed by atoms with Crippen molar-refractivity contribution >= 4 is 29.2 Å². The molecule has 8 heteroatoms. The van der Waals surface area contributed by atoms with Gasteiger partial charge in [0.05, 0.1) is 5.69 Å². The van der Waals surface area contributed by atoms with Crippen molar-refractivity contribution in [1.82, 2.24) is 0 Å². The number of hydrogen-bond donors (Lipinski definition) is 4. The molecule has 0 bridgehead atoms. The van der Waals surface area contributed by atoms with Crippen molar-refractivity contribution in [2.45, 2.75) is 0 Å².